The van der Waals surface area contributed by atoms with Crippen molar-refractivity contribution in [2.24, 2.45) is 16.7 Å². The van der Waals surface area contributed by atoms with E-state index in [-0.39, 0.29) is 48.3 Å². The third kappa shape index (κ3) is 7.77. The van der Waals surface area contributed by atoms with Crippen LogP contribution in [-0.4, -0.2) is 118 Å². The molecule has 2 heterocycles. The topological polar surface area (TPSA) is 231 Å². The summed E-state index contributed by atoms with van der Waals surface area (Å²) in [6.07, 6.45) is -8.88. The molecule has 5 aliphatic rings. The van der Waals surface area contributed by atoms with Crippen molar-refractivity contribution in [2.75, 3.05) is 13.2 Å². The van der Waals surface area contributed by atoms with Crippen molar-refractivity contribution in [3.63, 3.8) is 0 Å². The number of Topliss-reactive ketones (excluding diaryl/α,β-unsaturated/α-hetero) is 1. The fourth-order valence-electron chi connectivity index (χ4n) is 11.3. The Kier molecular flexibility index (Phi) is 12.7. The van der Waals surface area contributed by atoms with Gasteiger partial charge in [-0.25, -0.2) is 9.59 Å². The van der Waals surface area contributed by atoms with Crippen molar-refractivity contribution in [1.29, 1.82) is 0 Å². The standard InChI is InChI=1S/C51H55NO15/c1-27-36-40(64-28(2)53)42(57)49(6)34(55)25-35-50(26-63-35,67-29(3)54)41(49)44(66-46(59)32-21-11-8-12-22-32)51(61,48(36,4)5)43-39(27)65-47(60)38(56)37(31-19-9-7-10-20-31)52-45(58)33-23-14-13-17-30(33)18-15-16-24-62-43/h7-17,19-23,34-35,37-41,43-44,55-56,61H,18,24-26H2,1-6H3,(H,52,58)/b16-15+/t34-,35+,37-,38+,39+,40+,41-,43-,44-,49+,50-,51+/m0/s1. The average molecular weight is 922 g/mol. The number of carbonyl (C=O) groups is 6. The van der Waals surface area contributed by atoms with Crippen LogP contribution in [0.4, 0.5) is 0 Å². The van der Waals surface area contributed by atoms with Gasteiger partial charge in [0, 0.05) is 31.2 Å². The minimum atomic E-state index is -2.68. The maximum atomic E-state index is 15.8. The number of allylic oxidation sites excluding steroid dienone is 1. The Balaban J connectivity index is 1.40. The molecule has 12 atom stereocenters. The summed E-state index contributed by atoms with van der Waals surface area (Å²) >= 11 is 0. The van der Waals surface area contributed by atoms with Crippen LogP contribution in [0.1, 0.15) is 85.8 Å². The lowest BCUT2D eigenvalue weighted by Crippen LogP contribution is -2.83. The lowest BCUT2D eigenvalue weighted by Gasteiger charge is -2.68. The first kappa shape index (κ1) is 47.5. The molecule has 0 spiro atoms. The van der Waals surface area contributed by atoms with Crippen LogP contribution in [0.2, 0.25) is 0 Å². The van der Waals surface area contributed by atoms with E-state index in [0.717, 1.165) is 13.8 Å². The summed E-state index contributed by atoms with van der Waals surface area (Å²) < 4.78 is 37.6. The maximum Gasteiger partial charge on any atom is 0.338 e. The molecule has 16 nitrogen and oxygen atoms in total. The van der Waals surface area contributed by atoms with E-state index in [1.54, 1.807) is 84.9 Å². The van der Waals surface area contributed by atoms with E-state index in [0.29, 0.717) is 11.1 Å². The Morgan fingerprint density at radius 3 is 2.12 bits per heavy atom. The van der Waals surface area contributed by atoms with Crippen LogP contribution >= 0.6 is 0 Å². The van der Waals surface area contributed by atoms with Crippen molar-refractivity contribution in [2.45, 2.75) is 114 Å². The predicted molar refractivity (Wildman–Crippen MR) is 236 cm³/mol. The average Bonchev–Trinajstić information content (AvgIpc) is 3.29. The molecule has 2 bridgehead atoms. The zero-order chi connectivity index (χ0) is 48.2. The van der Waals surface area contributed by atoms with E-state index < -0.39 is 112 Å². The summed E-state index contributed by atoms with van der Waals surface area (Å²) in [6, 6.07) is 21.5. The lowest BCUT2D eigenvalue weighted by atomic mass is 9.44. The van der Waals surface area contributed by atoms with Gasteiger partial charge in [-0.1, -0.05) is 92.7 Å². The molecule has 3 fully saturated rings. The van der Waals surface area contributed by atoms with Crippen molar-refractivity contribution in [3.05, 3.63) is 130 Å². The predicted octanol–water partition coefficient (Wildman–Crippen LogP) is 3.84. The number of esters is 4. The van der Waals surface area contributed by atoms with E-state index in [2.05, 4.69) is 5.32 Å². The van der Waals surface area contributed by atoms with Crippen LogP contribution in [-0.2, 0) is 54.0 Å². The van der Waals surface area contributed by atoms with E-state index in [4.69, 9.17) is 28.4 Å². The second-order valence-electron chi connectivity index (χ2n) is 18.7. The Morgan fingerprint density at radius 2 is 1.48 bits per heavy atom. The summed E-state index contributed by atoms with van der Waals surface area (Å²) in [5.74, 6) is -7.15. The molecule has 3 aliphatic carbocycles. The Bertz CT molecular complexity index is 2520. The normalized spacial score (nSPS) is 35.3. The molecular weight excluding hydrogens is 867 g/mol. The molecule has 354 valence electrons. The third-order valence-electron chi connectivity index (χ3n) is 14.6. The van der Waals surface area contributed by atoms with Crippen LogP contribution in [0.15, 0.2) is 108 Å². The minimum absolute atomic E-state index is 0.0325. The molecule has 0 unspecified atom stereocenters. The van der Waals surface area contributed by atoms with Crippen LogP contribution in [0.3, 0.4) is 0 Å². The van der Waals surface area contributed by atoms with E-state index in [9.17, 15) is 39.3 Å². The molecule has 0 radical (unpaired) electrons. The molecule has 2 aliphatic heterocycles. The van der Waals surface area contributed by atoms with Gasteiger partial charge in [-0.15, -0.1) is 0 Å². The first-order chi connectivity index (χ1) is 31.8. The molecule has 1 saturated heterocycles. The largest absolute Gasteiger partial charge is 0.455 e. The van der Waals surface area contributed by atoms with Gasteiger partial charge in [0.15, 0.2) is 29.7 Å². The first-order valence-corrected chi connectivity index (χ1v) is 22.3. The SMILES string of the molecule is CC(=O)O[C@H]1C(=O)[C@@]2(C)[C@H]([C@H](OC(=O)c3ccccc3)[C@]3(O)[C@H]4OC/C=C/Cc5ccccc5C(=O)N[C@@H](c5ccccc5)[C@@H](O)C(=O)O[C@@H]4C(C)=C1C3(C)C)[C@]1(OC(C)=O)CO[C@@H]1C[C@@H]2O. The highest BCUT2D eigenvalue weighted by molar-refractivity contribution is 5.97. The Morgan fingerprint density at radius 1 is 0.821 bits per heavy atom. The second-order valence-corrected chi connectivity index (χ2v) is 18.7. The van der Waals surface area contributed by atoms with Crippen LogP contribution in [0, 0.1) is 16.7 Å². The fraction of sp³-hybridized carbons (Fsp3) is 0.451. The van der Waals surface area contributed by atoms with Crippen LogP contribution in [0.5, 0.6) is 0 Å². The monoisotopic (exact) mass is 921 g/mol. The molecule has 1 amide bonds. The molecule has 16 heteroatoms. The van der Waals surface area contributed by atoms with E-state index in [1.807, 2.05) is 0 Å². The summed E-state index contributed by atoms with van der Waals surface area (Å²) in [7, 11) is 0. The van der Waals surface area contributed by atoms with Gasteiger partial charge in [0.25, 0.3) is 5.91 Å². The minimum Gasteiger partial charge on any atom is -0.455 e. The number of nitrogens with one attached hydrogen (secondary N) is 1. The highest BCUT2D eigenvalue weighted by Gasteiger charge is 2.80. The van der Waals surface area contributed by atoms with E-state index in [1.165, 1.54) is 39.8 Å². The summed E-state index contributed by atoms with van der Waals surface area (Å²) in [5, 5.41) is 41.5. The zero-order valence-corrected chi connectivity index (χ0v) is 38.0. The van der Waals surface area contributed by atoms with Gasteiger partial charge in [-0.05, 0) is 60.7 Å². The van der Waals surface area contributed by atoms with Crippen molar-refractivity contribution < 1.29 is 72.5 Å². The quantitative estimate of drug-likeness (QED) is 0.162. The molecule has 3 aromatic rings. The van der Waals surface area contributed by atoms with Crippen molar-refractivity contribution in [1.82, 2.24) is 5.32 Å². The molecule has 0 aromatic heterocycles. The number of ether oxygens (including phenoxy) is 6. The lowest BCUT2D eigenvalue weighted by molar-refractivity contribution is -0.353. The number of amides is 1. The molecule has 3 aromatic carbocycles. The van der Waals surface area contributed by atoms with Crippen molar-refractivity contribution >= 4 is 35.6 Å². The van der Waals surface area contributed by atoms with Crippen LogP contribution < -0.4 is 5.32 Å². The molecular formula is C51H55NO15. The second kappa shape index (κ2) is 17.9. The summed E-state index contributed by atoms with van der Waals surface area (Å²) in [5.41, 5.74) is -7.27. The van der Waals surface area contributed by atoms with Gasteiger partial charge in [-0.3, -0.25) is 19.2 Å². The number of benzene rings is 3. The van der Waals surface area contributed by atoms with Gasteiger partial charge in [0.1, 0.15) is 23.9 Å². The third-order valence-corrected chi connectivity index (χ3v) is 14.6. The Labute approximate surface area is 387 Å². The highest BCUT2D eigenvalue weighted by atomic mass is 16.6. The molecule has 2 saturated carbocycles. The number of aliphatic hydroxyl groups is 3. The van der Waals surface area contributed by atoms with E-state index >= 15 is 4.79 Å². The van der Waals surface area contributed by atoms with Gasteiger partial charge < -0.3 is 49.1 Å². The smallest absolute Gasteiger partial charge is 0.338 e. The first-order valence-electron chi connectivity index (χ1n) is 22.3. The molecule has 8 rings (SSSR count). The number of rotatable bonds is 5. The van der Waals surface area contributed by atoms with Gasteiger partial charge in [0.05, 0.1) is 42.3 Å². The highest BCUT2D eigenvalue weighted by Crippen LogP contribution is 2.65. The number of carbonyl (C=O) groups excluding carboxylic acids is 6. The van der Waals surface area contributed by atoms with Gasteiger partial charge >= 0.3 is 23.9 Å². The van der Waals surface area contributed by atoms with Crippen molar-refractivity contribution in [3.8, 4) is 0 Å². The maximum absolute atomic E-state index is 15.8. The summed E-state index contributed by atoms with van der Waals surface area (Å²) in [6.45, 7) is 7.53. The fourth-order valence-corrected chi connectivity index (χ4v) is 11.3. The van der Waals surface area contributed by atoms with Crippen LogP contribution in [0.25, 0.3) is 0 Å². The van der Waals surface area contributed by atoms with Gasteiger partial charge in [-0.2, -0.15) is 0 Å². The summed E-state index contributed by atoms with van der Waals surface area (Å²) in [4.78, 5) is 85.6. The Hall–Kier alpha value is -6.04. The number of ketones is 1. The van der Waals surface area contributed by atoms with Gasteiger partial charge in [0.2, 0.25) is 0 Å². The molecule has 4 N–H and O–H groups in total. The zero-order valence-electron chi connectivity index (χ0n) is 38.0. The number of hydrogen-bond acceptors (Lipinski definition) is 15. The number of hydrogen-bond donors (Lipinski definition) is 4. The number of aliphatic hydroxyl groups excluding tert-OH is 2. The number of fused-ring (bicyclic) bond motifs is 8. The molecule has 67 heavy (non-hydrogen) atoms.